The summed E-state index contributed by atoms with van der Waals surface area (Å²) in [6, 6.07) is 21.5. The zero-order valence-electron chi connectivity index (χ0n) is 25.2. The van der Waals surface area contributed by atoms with E-state index in [0.29, 0.717) is 40.3 Å². The van der Waals surface area contributed by atoms with Gasteiger partial charge in [0.15, 0.2) is 0 Å². The van der Waals surface area contributed by atoms with Crippen LogP contribution in [0.1, 0.15) is 52.8 Å². The molecule has 2 saturated heterocycles. The third-order valence-corrected chi connectivity index (χ3v) is 8.90. The van der Waals surface area contributed by atoms with Crippen molar-refractivity contribution >= 4 is 34.2 Å². The highest BCUT2D eigenvalue weighted by Gasteiger charge is 2.26. The van der Waals surface area contributed by atoms with Gasteiger partial charge in [-0.2, -0.15) is 0 Å². The van der Waals surface area contributed by atoms with E-state index in [9.17, 15) is 9.18 Å². The molecule has 1 N–H and O–H groups in total. The lowest BCUT2D eigenvalue weighted by molar-refractivity contribution is -0.0592. The van der Waals surface area contributed by atoms with Gasteiger partial charge in [-0.25, -0.2) is 14.4 Å². The van der Waals surface area contributed by atoms with Crippen LogP contribution < -0.4 is 10.1 Å². The van der Waals surface area contributed by atoms with E-state index in [1.807, 2.05) is 30.3 Å². The fraction of sp³-hybridized carbons (Fsp3) is 0.314. The average Bonchev–Trinajstić information content (AvgIpc) is 3.38. The predicted octanol–water partition coefficient (Wildman–Crippen LogP) is 6.62. The number of anilines is 1. The first-order chi connectivity index (χ1) is 22.5. The van der Waals surface area contributed by atoms with Gasteiger partial charge in [0.2, 0.25) is 5.88 Å². The van der Waals surface area contributed by atoms with E-state index in [1.54, 1.807) is 42.6 Å². The van der Waals surface area contributed by atoms with Crippen LogP contribution in [0.15, 0.2) is 79.0 Å². The predicted molar refractivity (Wildman–Crippen MR) is 174 cm³/mol. The molecule has 3 aromatic heterocycles. The average molecular weight is 641 g/mol. The summed E-state index contributed by atoms with van der Waals surface area (Å²) in [5.41, 5.74) is 4.33. The molecule has 0 bridgehead atoms. The lowest BCUT2D eigenvalue weighted by Gasteiger charge is -2.32. The third-order valence-electron chi connectivity index (χ3n) is 8.67. The highest BCUT2D eigenvalue weighted by atomic mass is 35.5. The number of rotatable bonds is 10. The maximum Gasteiger partial charge on any atom is 0.274 e. The number of hydrogen-bond acceptors (Lipinski definition) is 7. The van der Waals surface area contributed by atoms with Crippen LogP contribution in [-0.4, -0.2) is 56.1 Å². The molecule has 2 aliphatic rings. The van der Waals surface area contributed by atoms with Crippen LogP contribution in [0.4, 0.5) is 10.1 Å². The van der Waals surface area contributed by atoms with Crippen molar-refractivity contribution in [3.63, 3.8) is 0 Å². The Kier molecular flexibility index (Phi) is 8.91. The van der Waals surface area contributed by atoms with Crippen molar-refractivity contribution in [1.82, 2.24) is 24.4 Å². The molecular weight excluding hydrogens is 607 g/mol. The monoisotopic (exact) mass is 640 g/mol. The first kappa shape index (κ1) is 30.3. The molecule has 7 rings (SSSR count). The Morgan fingerprint density at radius 2 is 1.89 bits per heavy atom. The van der Waals surface area contributed by atoms with Gasteiger partial charge < -0.3 is 19.4 Å². The number of nitrogens with one attached hydrogen (secondary N) is 1. The standard InChI is InChI=1S/C35H34ClFN6O3/c36-25-8-7-24(28(37)18-25)22-46-34-6-3-5-29(41-34)23-11-15-42(16-12-23)21-33-40-31-19-26(39-35(44)30-4-1-2-14-38-30)9-10-32(31)43(33)20-27-13-17-45-27/h1-10,14,18-19,23,27H,11-13,15-17,20-22H2,(H,39,44)/t27-/m0/s1. The second-order valence-electron chi connectivity index (χ2n) is 11.8. The molecule has 2 aromatic carbocycles. The summed E-state index contributed by atoms with van der Waals surface area (Å²) in [5, 5.41) is 3.30. The molecule has 9 nitrogen and oxygen atoms in total. The van der Waals surface area contributed by atoms with Gasteiger partial charge in [-0.1, -0.05) is 29.8 Å². The molecule has 1 amide bonds. The number of hydrogen-bond donors (Lipinski definition) is 1. The summed E-state index contributed by atoms with van der Waals surface area (Å²) in [4.78, 5) is 29.1. The van der Waals surface area contributed by atoms with Gasteiger partial charge in [0.1, 0.15) is 23.9 Å². The molecule has 0 aliphatic carbocycles. The number of halogens is 2. The fourth-order valence-corrected chi connectivity index (χ4v) is 6.18. The number of amides is 1. The van der Waals surface area contributed by atoms with Crippen LogP contribution in [-0.2, 0) is 24.4 Å². The molecule has 11 heteroatoms. The molecule has 236 valence electrons. The maximum absolute atomic E-state index is 14.2. The number of aromatic nitrogens is 4. The number of imidazole rings is 1. The number of carbonyl (C=O) groups excluding carboxylic acids is 1. The molecule has 5 heterocycles. The Bertz CT molecular complexity index is 1840. The summed E-state index contributed by atoms with van der Waals surface area (Å²) >= 11 is 5.87. The topological polar surface area (TPSA) is 94.4 Å². The number of ether oxygens (including phenoxy) is 2. The summed E-state index contributed by atoms with van der Waals surface area (Å²) < 4.78 is 28.1. The first-order valence-electron chi connectivity index (χ1n) is 15.6. The Labute approximate surface area is 271 Å². The van der Waals surface area contributed by atoms with Crippen LogP contribution in [0.25, 0.3) is 11.0 Å². The van der Waals surface area contributed by atoms with Crippen molar-refractivity contribution < 1.29 is 18.7 Å². The van der Waals surface area contributed by atoms with E-state index in [4.69, 9.17) is 31.0 Å². The Morgan fingerprint density at radius 1 is 1.02 bits per heavy atom. The molecule has 46 heavy (non-hydrogen) atoms. The minimum absolute atomic E-state index is 0.0862. The second-order valence-corrected chi connectivity index (χ2v) is 12.2. The quantitative estimate of drug-likeness (QED) is 0.183. The van der Waals surface area contributed by atoms with Crippen LogP contribution in [0.2, 0.25) is 5.02 Å². The molecular formula is C35H34ClFN6O3. The van der Waals surface area contributed by atoms with Crippen molar-refractivity contribution in [2.24, 2.45) is 0 Å². The highest BCUT2D eigenvalue weighted by molar-refractivity contribution is 6.30. The number of fused-ring (bicyclic) bond motifs is 1. The van der Waals surface area contributed by atoms with Crippen molar-refractivity contribution in [2.75, 3.05) is 25.0 Å². The van der Waals surface area contributed by atoms with Gasteiger partial charge in [-0.15, -0.1) is 0 Å². The molecule has 0 unspecified atom stereocenters. The first-order valence-corrected chi connectivity index (χ1v) is 16.0. The van der Waals surface area contributed by atoms with Crippen molar-refractivity contribution in [1.29, 1.82) is 0 Å². The van der Waals surface area contributed by atoms with Crippen LogP contribution >= 0.6 is 11.6 Å². The molecule has 0 radical (unpaired) electrons. The van der Waals surface area contributed by atoms with Gasteiger partial charge in [0.25, 0.3) is 5.91 Å². The minimum atomic E-state index is -0.391. The van der Waals surface area contributed by atoms with E-state index in [2.05, 4.69) is 19.8 Å². The molecule has 5 aromatic rings. The van der Waals surface area contributed by atoms with E-state index >= 15 is 0 Å². The Balaban J connectivity index is 1.01. The minimum Gasteiger partial charge on any atom is -0.473 e. The Hall–Kier alpha value is -4.38. The second kappa shape index (κ2) is 13.5. The maximum atomic E-state index is 14.2. The molecule has 0 spiro atoms. The molecule has 2 aliphatic heterocycles. The van der Waals surface area contributed by atoms with Gasteiger partial charge in [0, 0.05) is 46.8 Å². The van der Waals surface area contributed by atoms with E-state index < -0.39 is 5.82 Å². The zero-order chi connectivity index (χ0) is 31.5. The largest absolute Gasteiger partial charge is 0.473 e. The van der Waals surface area contributed by atoms with Crippen molar-refractivity contribution in [3.8, 4) is 5.88 Å². The summed E-state index contributed by atoms with van der Waals surface area (Å²) in [7, 11) is 0. The number of carbonyl (C=O) groups is 1. The van der Waals surface area contributed by atoms with Crippen molar-refractivity contribution in [3.05, 3.63) is 113 Å². The summed E-state index contributed by atoms with van der Waals surface area (Å²) in [6.45, 7) is 4.15. The molecule has 2 fully saturated rings. The number of pyridine rings is 2. The lowest BCUT2D eigenvalue weighted by Crippen LogP contribution is -2.35. The van der Waals surface area contributed by atoms with Crippen LogP contribution in [0, 0.1) is 5.82 Å². The number of benzene rings is 2. The summed E-state index contributed by atoms with van der Waals surface area (Å²) in [5.74, 6) is 1.13. The number of likely N-dealkylation sites (tertiary alicyclic amines) is 1. The van der Waals surface area contributed by atoms with Gasteiger partial charge >= 0.3 is 0 Å². The number of nitrogens with zero attached hydrogens (tertiary/aromatic N) is 5. The lowest BCUT2D eigenvalue weighted by atomic mass is 9.93. The Morgan fingerprint density at radius 3 is 2.65 bits per heavy atom. The van der Waals surface area contributed by atoms with E-state index in [-0.39, 0.29) is 18.6 Å². The van der Waals surface area contributed by atoms with Crippen LogP contribution in [0.5, 0.6) is 5.88 Å². The molecule has 1 atom stereocenters. The molecule has 0 saturated carbocycles. The van der Waals surface area contributed by atoms with E-state index in [1.165, 1.54) is 6.07 Å². The smallest absolute Gasteiger partial charge is 0.274 e. The third kappa shape index (κ3) is 6.89. The fourth-order valence-electron chi connectivity index (χ4n) is 6.02. The highest BCUT2D eigenvalue weighted by Crippen LogP contribution is 2.30. The van der Waals surface area contributed by atoms with Gasteiger partial charge in [-0.3, -0.25) is 14.7 Å². The number of piperidine rings is 1. The van der Waals surface area contributed by atoms with E-state index in [0.717, 1.165) is 68.1 Å². The van der Waals surface area contributed by atoms with Crippen molar-refractivity contribution in [2.45, 2.75) is 51.0 Å². The summed E-state index contributed by atoms with van der Waals surface area (Å²) in [6.07, 6.45) is 4.73. The zero-order valence-corrected chi connectivity index (χ0v) is 26.0. The SMILES string of the molecule is O=C(Nc1ccc2c(c1)nc(CN1CCC(c3cccc(OCc4ccc(Cl)cc4F)n3)CC1)n2C[C@@H]1CCO1)c1ccccn1. The van der Waals surface area contributed by atoms with Gasteiger partial charge in [0.05, 0.1) is 30.2 Å². The normalized spacial score (nSPS) is 17.1. The van der Waals surface area contributed by atoms with Gasteiger partial charge in [-0.05, 0) is 80.9 Å². The van der Waals surface area contributed by atoms with Crippen LogP contribution in [0.3, 0.4) is 0 Å².